The topological polar surface area (TPSA) is 12.0 Å². The van der Waals surface area contributed by atoms with Crippen LogP contribution in [0.3, 0.4) is 0 Å². The van der Waals surface area contributed by atoms with E-state index < -0.39 is 0 Å². The van der Waals surface area contributed by atoms with Crippen LogP contribution in [0.15, 0.2) is 18.2 Å². The van der Waals surface area contributed by atoms with E-state index in [2.05, 4.69) is 12.2 Å². The fourth-order valence-electron chi connectivity index (χ4n) is 3.22. The Kier molecular flexibility index (Phi) is 6.31. The second-order valence-corrected chi connectivity index (χ2v) is 6.27. The molecule has 1 aromatic rings. The van der Waals surface area contributed by atoms with Gasteiger partial charge in [0.15, 0.2) is 0 Å². The van der Waals surface area contributed by atoms with Crippen molar-refractivity contribution in [2.75, 3.05) is 6.54 Å². The van der Waals surface area contributed by atoms with Gasteiger partial charge in [0.2, 0.25) is 0 Å². The van der Waals surface area contributed by atoms with Crippen LogP contribution in [0.2, 0.25) is 5.02 Å². The molecule has 0 spiro atoms. The van der Waals surface area contributed by atoms with E-state index in [0.717, 1.165) is 19.4 Å². The fraction of sp³-hybridized carbons (Fsp3) is 0.647. The van der Waals surface area contributed by atoms with Crippen LogP contribution >= 0.6 is 11.6 Å². The first-order chi connectivity index (χ1) is 9.72. The lowest BCUT2D eigenvalue weighted by Gasteiger charge is -2.27. The Morgan fingerprint density at radius 3 is 2.80 bits per heavy atom. The maximum Gasteiger partial charge on any atom is 0.127 e. The molecular weight excluding hydrogens is 273 g/mol. The van der Waals surface area contributed by atoms with Gasteiger partial charge in [-0.2, -0.15) is 0 Å². The molecule has 0 amide bonds. The fourth-order valence-corrected chi connectivity index (χ4v) is 3.46. The summed E-state index contributed by atoms with van der Waals surface area (Å²) in [5.74, 6) is 0.342. The molecule has 20 heavy (non-hydrogen) atoms. The standard InChI is InChI=1S/C17H25ClFN/c1-2-11-20-17-10-5-3-4-7-13(17)12-14-15(18)8-6-9-16(14)19/h6,8-9,13,17,20H,2-5,7,10-12H2,1H3. The average Bonchev–Trinajstić information content (AvgIpc) is 2.66. The third-order valence-corrected chi connectivity index (χ3v) is 4.70. The number of hydrogen-bond donors (Lipinski definition) is 1. The molecule has 2 rings (SSSR count). The first kappa shape index (κ1) is 15.8. The third kappa shape index (κ3) is 4.20. The van der Waals surface area contributed by atoms with Gasteiger partial charge in [-0.15, -0.1) is 0 Å². The van der Waals surface area contributed by atoms with Crippen molar-refractivity contribution >= 4 is 11.6 Å². The molecule has 112 valence electrons. The summed E-state index contributed by atoms with van der Waals surface area (Å²) in [7, 11) is 0. The quantitative estimate of drug-likeness (QED) is 0.757. The van der Waals surface area contributed by atoms with E-state index in [1.165, 1.54) is 38.2 Å². The highest BCUT2D eigenvalue weighted by molar-refractivity contribution is 6.31. The molecular formula is C17H25ClFN. The van der Waals surface area contributed by atoms with E-state index >= 15 is 0 Å². The summed E-state index contributed by atoms with van der Waals surface area (Å²) in [4.78, 5) is 0. The van der Waals surface area contributed by atoms with Gasteiger partial charge in [0, 0.05) is 16.6 Å². The van der Waals surface area contributed by atoms with Crippen molar-refractivity contribution in [2.45, 2.75) is 57.9 Å². The number of hydrogen-bond acceptors (Lipinski definition) is 1. The van der Waals surface area contributed by atoms with Gasteiger partial charge in [-0.3, -0.25) is 0 Å². The van der Waals surface area contributed by atoms with Crippen molar-refractivity contribution in [1.82, 2.24) is 5.32 Å². The largest absolute Gasteiger partial charge is 0.314 e. The van der Waals surface area contributed by atoms with E-state index in [-0.39, 0.29) is 5.82 Å². The Hall–Kier alpha value is -0.600. The van der Waals surface area contributed by atoms with E-state index in [0.29, 0.717) is 22.5 Å². The maximum atomic E-state index is 14.0. The zero-order valence-corrected chi connectivity index (χ0v) is 13.1. The molecule has 1 saturated carbocycles. The summed E-state index contributed by atoms with van der Waals surface area (Å²) in [5.41, 5.74) is 0.698. The van der Waals surface area contributed by atoms with Gasteiger partial charge in [0.1, 0.15) is 5.82 Å². The molecule has 3 heteroatoms. The lowest BCUT2D eigenvalue weighted by Crippen LogP contribution is -2.37. The molecule has 1 N–H and O–H groups in total. The minimum Gasteiger partial charge on any atom is -0.314 e. The Bertz CT molecular complexity index is 401. The predicted octanol–water partition coefficient (Wildman–Crippen LogP) is 4.97. The monoisotopic (exact) mass is 297 g/mol. The first-order valence-electron chi connectivity index (χ1n) is 7.88. The Balaban J connectivity index is 2.10. The highest BCUT2D eigenvalue weighted by atomic mass is 35.5. The molecule has 1 aliphatic rings. The Morgan fingerprint density at radius 1 is 1.25 bits per heavy atom. The van der Waals surface area contributed by atoms with Gasteiger partial charge in [-0.1, -0.05) is 43.9 Å². The summed E-state index contributed by atoms with van der Waals surface area (Å²) in [6, 6.07) is 5.51. The summed E-state index contributed by atoms with van der Waals surface area (Å²) in [6.45, 7) is 3.23. The molecule has 0 radical (unpaired) electrons. The molecule has 2 atom stereocenters. The molecule has 1 nitrogen and oxygen atoms in total. The molecule has 1 fully saturated rings. The van der Waals surface area contributed by atoms with Crippen LogP contribution in [0.4, 0.5) is 4.39 Å². The van der Waals surface area contributed by atoms with Crippen molar-refractivity contribution in [3.05, 3.63) is 34.6 Å². The highest BCUT2D eigenvalue weighted by Crippen LogP contribution is 2.30. The van der Waals surface area contributed by atoms with E-state index in [4.69, 9.17) is 11.6 Å². The van der Waals surface area contributed by atoms with Crippen LogP contribution in [0.1, 0.15) is 51.0 Å². The Morgan fingerprint density at radius 2 is 2.05 bits per heavy atom. The van der Waals surface area contributed by atoms with Crippen molar-refractivity contribution in [1.29, 1.82) is 0 Å². The zero-order valence-electron chi connectivity index (χ0n) is 12.3. The molecule has 1 aliphatic carbocycles. The number of nitrogens with one attached hydrogen (secondary N) is 1. The summed E-state index contributed by atoms with van der Waals surface area (Å²) in [5, 5.41) is 4.23. The van der Waals surface area contributed by atoms with Gasteiger partial charge in [0.25, 0.3) is 0 Å². The predicted molar refractivity (Wildman–Crippen MR) is 83.8 cm³/mol. The van der Waals surface area contributed by atoms with Crippen LogP contribution in [0.5, 0.6) is 0 Å². The van der Waals surface area contributed by atoms with Gasteiger partial charge < -0.3 is 5.32 Å². The number of rotatable bonds is 5. The van der Waals surface area contributed by atoms with Crippen molar-refractivity contribution in [2.24, 2.45) is 5.92 Å². The number of benzene rings is 1. The molecule has 0 saturated heterocycles. The van der Waals surface area contributed by atoms with Crippen LogP contribution in [0, 0.1) is 11.7 Å². The lowest BCUT2D eigenvalue weighted by molar-refractivity contribution is 0.329. The number of halogens is 2. The lowest BCUT2D eigenvalue weighted by atomic mass is 9.88. The minimum absolute atomic E-state index is 0.156. The van der Waals surface area contributed by atoms with Gasteiger partial charge in [-0.05, 0) is 50.3 Å². The first-order valence-corrected chi connectivity index (χ1v) is 8.26. The molecule has 0 heterocycles. The van der Waals surface area contributed by atoms with Gasteiger partial charge in [-0.25, -0.2) is 4.39 Å². The third-order valence-electron chi connectivity index (χ3n) is 4.34. The van der Waals surface area contributed by atoms with E-state index in [1.807, 2.05) is 0 Å². The average molecular weight is 298 g/mol. The van der Waals surface area contributed by atoms with Crippen LogP contribution in [-0.4, -0.2) is 12.6 Å². The molecule has 2 unspecified atom stereocenters. The molecule has 0 bridgehead atoms. The van der Waals surface area contributed by atoms with E-state index in [9.17, 15) is 4.39 Å². The van der Waals surface area contributed by atoms with Crippen LogP contribution in [-0.2, 0) is 6.42 Å². The van der Waals surface area contributed by atoms with E-state index in [1.54, 1.807) is 12.1 Å². The van der Waals surface area contributed by atoms with Gasteiger partial charge in [0.05, 0.1) is 0 Å². The maximum absolute atomic E-state index is 14.0. The van der Waals surface area contributed by atoms with Gasteiger partial charge >= 0.3 is 0 Å². The highest BCUT2D eigenvalue weighted by Gasteiger charge is 2.25. The zero-order chi connectivity index (χ0) is 14.4. The van der Waals surface area contributed by atoms with Crippen molar-refractivity contribution < 1.29 is 4.39 Å². The Labute approximate surface area is 126 Å². The minimum atomic E-state index is -0.156. The summed E-state index contributed by atoms with van der Waals surface area (Å²) in [6.07, 6.45) is 8.11. The molecule has 1 aromatic carbocycles. The second kappa shape index (κ2) is 7.99. The SMILES string of the molecule is CCCNC1CCCCCC1Cc1c(F)cccc1Cl. The molecule has 0 aromatic heterocycles. The molecule has 0 aliphatic heterocycles. The smallest absolute Gasteiger partial charge is 0.127 e. The van der Waals surface area contributed by atoms with Crippen LogP contribution in [0.25, 0.3) is 0 Å². The second-order valence-electron chi connectivity index (χ2n) is 5.86. The normalized spacial score (nSPS) is 23.6. The van der Waals surface area contributed by atoms with Crippen LogP contribution < -0.4 is 5.32 Å². The van der Waals surface area contributed by atoms with Crippen molar-refractivity contribution in [3.63, 3.8) is 0 Å². The summed E-state index contributed by atoms with van der Waals surface area (Å²) >= 11 is 6.18. The summed E-state index contributed by atoms with van der Waals surface area (Å²) < 4.78 is 14.0. The van der Waals surface area contributed by atoms with Crippen molar-refractivity contribution in [3.8, 4) is 0 Å².